The van der Waals surface area contributed by atoms with Gasteiger partial charge < -0.3 is 14.2 Å². The molecule has 6 nitrogen and oxygen atoms in total. The molecule has 0 rings (SSSR count). The highest BCUT2D eigenvalue weighted by molar-refractivity contribution is 5.71. The maximum atomic E-state index is 12.9. The number of carbonyl (C=O) groups is 3. The zero-order valence-corrected chi connectivity index (χ0v) is 49.1. The fraction of sp³-hybridized carbons (Fsp3) is 0.779. The SMILES string of the molecule is CC/C=C\C/C=C\C/C=C\CCCCCCCC(=O)OC(COC(=O)CCCCCCC/C=C\C/C=C\CCCC)COC(=O)CCCCCCCCCCCCCCCCC/C=C\CCCCCCCCCC. The highest BCUT2D eigenvalue weighted by Gasteiger charge is 2.19. The number of esters is 3. The van der Waals surface area contributed by atoms with Gasteiger partial charge in [0.25, 0.3) is 0 Å². The second kappa shape index (κ2) is 62.4. The molecular formula is C68H120O6. The molecule has 0 aliphatic heterocycles. The van der Waals surface area contributed by atoms with Crippen LogP contribution in [-0.2, 0) is 28.6 Å². The highest BCUT2D eigenvalue weighted by atomic mass is 16.6. The molecular weight excluding hydrogens is 913 g/mol. The summed E-state index contributed by atoms with van der Waals surface area (Å²) in [4.78, 5) is 38.2. The lowest BCUT2D eigenvalue weighted by atomic mass is 10.0. The van der Waals surface area contributed by atoms with Gasteiger partial charge in [-0.05, 0) is 103 Å². The van der Waals surface area contributed by atoms with Gasteiger partial charge in [-0.25, -0.2) is 0 Å². The van der Waals surface area contributed by atoms with Gasteiger partial charge in [-0.2, -0.15) is 0 Å². The minimum Gasteiger partial charge on any atom is -0.462 e. The Morgan fingerprint density at radius 1 is 0.284 bits per heavy atom. The lowest BCUT2D eigenvalue weighted by molar-refractivity contribution is -0.167. The van der Waals surface area contributed by atoms with Gasteiger partial charge in [-0.1, -0.05) is 273 Å². The first kappa shape index (κ1) is 70.8. The van der Waals surface area contributed by atoms with E-state index < -0.39 is 6.10 Å². The van der Waals surface area contributed by atoms with Gasteiger partial charge in [0, 0.05) is 19.3 Å². The number of allylic oxidation sites excluding steroid dienone is 12. The van der Waals surface area contributed by atoms with Crippen LogP contribution >= 0.6 is 0 Å². The van der Waals surface area contributed by atoms with Gasteiger partial charge >= 0.3 is 17.9 Å². The zero-order valence-electron chi connectivity index (χ0n) is 49.1. The third-order valence-electron chi connectivity index (χ3n) is 13.9. The Morgan fingerprint density at radius 2 is 0.541 bits per heavy atom. The molecule has 0 N–H and O–H groups in total. The van der Waals surface area contributed by atoms with E-state index in [1.807, 2.05) is 0 Å². The first-order valence-electron chi connectivity index (χ1n) is 31.9. The summed E-state index contributed by atoms with van der Waals surface area (Å²) in [7, 11) is 0. The summed E-state index contributed by atoms with van der Waals surface area (Å²) in [5, 5.41) is 0. The van der Waals surface area contributed by atoms with Crippen LogP contribution < -0.4 is 0 Å². The molecule has 0 saturated carbocycles. The first-order chi connectivity index (χ1) is 36.5. The van der Waals surface area contributed by atoms with Crippen molar-refractivity contribution in [1.29, 1.82) is 0 Å². The zero-order chi connectivity index (χ0) is 53.6. The Kier molecular flexibility index (Phi) is 59.7. The van der Waals surface area contributed by atoms with Crippen molar-refractivity contribution in [3.63, 3.8) is 0 Å². The van der Waals surface area contributed by atoms with Crippen LogP contribution in [0.2, 0.25) is 0 Å². The number of hydrogen-bond donors (Lipinski definition) is 0. The van der Waals surface area contributed by atoms with E-state index in [0.29, 0.717) is 19.3 Å². The molecule has 0 saturated heterocycles. The van der Waals surface area contributed by atoms with Gasteiger partial charge in [0.1, 0.15) is 13.2 Å². The molecule has 0 radical (unpaired) electrons. The number of ether oxygens (including phenoxy) is 3. The molecule has 0 amide bonds. The van der Waals surface area contributed by atoms with Gasteiger partial charge in [0.15, 0.2) is 6.10 Å². The molecule has 0 aromatic rings. The van der Waals surface area contributed by atoms with E-state index in [4.69, 9.17) is 14.2 Å². The molecule has 0 heterocycles. The van der Waals surface area contributed by atoms with Crippen molar-refractivity contribution >= 4 is 17.9 Å². The first-order valence-corrected chi connectivity index (χ1v) is 31.9. The second-order valence-electron chi connectivity index (χ2n) is 21.3. The fourth-order valence-electron chi connectivity index (χ4n) is 9.12. The third kappa shape index (κ3) is 59.7. The summed E-state index contributed by atoms with van der Waals surface area (Å²) in [6.45, 7) is 6.49. The molecule has 0 aliphatic carbocycles. The Morgan fingerprint density at radius 3 is 0.878 bits per heavy atom. The van der Waals surface area contributed by atoms with Crippen molar-refractivity contribution in [2.45, 2.75) is 329 Å². The predicted octanol–water partition coefficient (Wildman–Crippen LogP) is 21.7. The molecule has 0 aromatic carbocycles. The molecule has 1 atom stereocenters. The summed E-state index contributed by atoms with van der Waals surface area (Å²) in [6.07, 6.45) is 80.6. The average molecular weight is 1030 g/mol. The van der Waals surface area contributed by atoms with Crippen molar-refractivity contribution in [1.82, 2.24) is 0 Å². The summed E-state index contributed by atoms with van der Waals surface area (Å²) >= 11 is 0. The summed E-state index contributed by atoms with van der Waals surface area (Å²) in [5.74, 6) is -0.905. The maximum Gasteiger partial charge on any atom is 0.306 e. The smallest absolute Gasteiger partial charge is 0.306 e. The molecule has 0 aliphatic rings. The van der Waals surface area contributed by atoms with E-state index in [-0.39, 0.29) is 31.1 Å². The number of rotatable bonds is 58. The topological polar surface area (TPSA) is 78.9 Å². The average Bonchev–Trinajstić information content (AvgIpc) is 3.40. The molecule has 0 aromatic heterocycles. The summed E-state index contributed by atoms with van der Waals surface area (Å²) in [6, 6.07) is 0. The van der Waals surface area contributed by atoms with Crippen LogP contribution in [0.3, 0.4) is 0 Å². The number of unbranched alkanes of at least 4 members (excludes halogenated alkanes) is 35. The third-order valence-corrected chi connectivity index (χ3v) is 13.9. The van der Waals surface area contributed by atoms with Crippen molar-refractivity contribution in [2.75, 3.05) is 13.2 Å². The molecule has 74 heavy (non-hydrogen) atoms. The van der Waals surface area contributed by atoms with Crippen LogP contribution in [0.4, 0.5) is 0 Å². The Hall–Kier alpha value is -3.15. The van der Waals surface area contributed by atoms with E-state index in [1.54, 1.807) is 0 Å². The minimum absolute atomic E-state index is 0.0853. The van der Waals surface area contributed by atoms with Crippen molar-refractivity contribution in [3.8, 4) is 0 Å². The van der Waals surface area contributed by atoms with Gasteiger partial charge in [-0.15, -0.1) is 0 Å². The molecule has 0 spiro atoms. The highest BCUT2D eigenvalue weighted by Crippen LogP contribution is 2.17. The van der Waals surface area contributed by atoms with E-state index in [9.17, 15) is 14.4 Å². The monoisotopic (exact) mass is 1030 g/mol. The number of hydrogen-bond acceptors (Lipinski definition) is 6. The fourth-order valence-corrected chi connectivity index (χ4v) is 9.12. The second-order valence-corrected chi connectivity index (χ2v) is 21.3. The van der Waals surface area contributed by atoms with Crippen LogP contribution in [0.15, 0.2) is 72.9 Å². The predicted molar refractivity (Wildman–Crippen MR) is 321 cm³/mol. The molecule has 1 unspecified atom stereocenters. The largest absolute Gasteiger partial charge is 0.462 e. The lowest BCUT2D eigenvalue weighted by Gasteiger charge is -2.18. The van der Waals surface area contributed by atoms with Crippen molar-refractivity contribution in [2.24, 2.45) is 0 Å². The van der Waals surface area contributed by atoms with E-state index >= 15 is 0 Å². The normalized spacial score (nSPS) is 12.5. The molecule has 6 heteroatoms. The van der Waals surface area contributed by atoms with Gasteiger partial charge in [-0.3, -0.25) is 14.4 Å². The quantitative estimate of drug-likeness (QED) is 0.0261. The van der Waals surface area contributed by atoms with Crippen LogP contribution in [0.25, 0.3) is 0 Å². The maximum absolute atomic E-state index is 12.9. The summed E-state index contributed by atoms with van der Waals surface area (Å²) in [5.41, 5.74) is 0. The van der Waals surface area contributed by atoms with Gasteiger partial charge in [0.2, 0.25) is 0 Å². The van der Waals surface area contributed by atoms with E-state index in [2.05, 4.69) is 93.7 Å². The van der Waals surface area contributed by atoms with Crippen LogP contribution in [0.1, 0.15) is 323 Å². The standard InChI is InChI=1S/C68H120O6/c1-4-7-10-13-16-19-22-25-28-29-30-31-32-33-34-35-36-37-38-39-41-43-46-49-52-55-58-61-67(70)73-64-65(63-72-66(69)60-57-54-51-48-45-42-27-24-21-18-15-12-9-6-3)74-68(71)62-59-56-53-50-47-44-40-26-23-20-17-14-11-8-5-2/h8,11,15,17-18,20,24,26-27,29-30,40,65H,4-7,9-10,12-14,16,19,21-23,25,28,31-39,41-64H2,1-3H3/b11-8-,18-15-,20-17-,27-24-,30-29-,40-26-. The van der Waals surface area contributed by atoms with Crippen LogP contribution in [0.5, 0.6) is 0 Å². The molecule has 0 fully saturated rings. The van der Waals surface area contributed by atoms with Crippen molar-refractivity contribution < 1.29 is 28.6 Å². The van der Waals surface area contributed by atoms with Crippen molar-refractivity contribution in [3.05, 3.63) is 72.9 Å². The Bertz CT molecular complexity index is 1370. The minimum atomic E-state index is -0.790. The molecule has 0 bridgehead atoms. The van der Waals surface area contributed by atoms with Crippen LogP contribution in [-0.4, -0.2) is 37.2 Å². The Labute approximate surface area is 459 Å². The summed E-state index contributed by atoms with van der Waals surface area (Å²) < 4.78 is 16.9. The van der Waals surface area contributed by atoms with Crippen LogP contribution in [0, 0.1) is 0 Å². The lowest BCUT2D eigenvalue weighted by Crippen LogP contribution is -2.30. The van der Waals surface area contributed by atoms with E-state index in [0.717, 1.165) is 116 Å². The molecule has 428 valence electrons. The number of carbonyl (C=O) groups excluding carboxylic acids is 3. The van der Waals surface area contributed by atoms with E-state index in [1.165, 1.54) is 167 Å². The Balaban J connectivity index is 4.25. The van der Waals surface area contributed by atoms with Gasteiger partial charge in [0.05, 0.1) is 0 Å².